The molecule has 15 heavy (non-hydrogen) atoms. The van der Waals surface area contributed by atoms with Crippen LogP contribution in [0.25, 0.3) is 0 Å². The zero-order valence-corrected chi connectivity index (χ0v) is 10.2. The number of nitrogens with two attached hydrogens (primary N) is 1. The van der Waals surface area contributed by atoms with Gasteiger partial charge in [0.15, 0.2) is 0 Å². The van der Waals surface area contributed by atoms with E-state index in [4.69, 9.17) is 5.73 Å². The summed E-state index contributed by atoms with van der Waals surface area (Å²) in [5.74, 6) is 1.71. The van der Waals surface area contributed by atoms with Gasteiger partial charge in [-0.05, 0) is 51.7 Å². The molecule has 0 aromatic carbocycles. The number of nitrogens with zero attached hydrogens (tertiary/aromatic N) is 2. The Morgan fingerprint density at radius 2 is 2.13 bits per heavy atom. The van der Waals surface area contributed by atoms with Gasteiger partial charge in [-0.15, -0.1) is 0 Å². The molecule has 2 fully saturated rings. The molecule has 2 bridgehead atoms. The van der Waals surface area contributed by atoms with E-state index in [9.17, 15) is 0 Å². The van der Waals surface area contributed by atoms with Gasteiger partial charge in [0.1, 0.15) is 0 Å². The van der Waals surface area contributed by atoms with Crippen LogP contribution in [-0.2, 0) is 0 Å². The number of likely N-dealkylation sites (tertiary alicyclic amines) is 1. The molecule has 3 atom stereocenters. The summed E-state index contributed by atoms with van der Waals surface area (Å²) in [6.45, 7) is 4.64. The van der Waals surface area contributed by atoms with Gasteiger partial charge in [-0.2, -0.15) is 0 Å². The molecular formula is C12H25N3. The summed E-state index contributed by atoms with van der Waals surface area (Å²) >= 11 is 0. The Morgan fingerprint density at radius 3 is 2.80 bits per heavy atom. The lowest BCUT2D eigenvalue weighted by Gasteiger charge is -2.28. The van der Waals surface area contributed by atoms with E-state index in [2.05, 4.69) is 23.9 Å². The summed E-state index contributed by atoms with van der Waals surface area (Å²) in [5.41, 5.74) is 5.83. The maximum atomic E-state index is 5.83. The molecule has 88 valence electrons. The molecule has 0 aromatic rings. The van der Waals surface area contributed by atoms with Crippen molar-refractivity contribution < 1.29 is 0 Å². The molecule has 0 aromatic heterocycles. The highest BCUT2D eigenvalue weighted by molar-refractivity contribution is 4.93. The van der Waals surface area contributed by atoms with Crippen molar-refractivity contribution in [1.82, 2.24) is 9.80 Å². The summed E-state index contributed by atoms with van der Waals surface area (Å²) < 4.78 is 0. The van der Waals surface area contributed by atoms with Crippen molar-refractivity contribution in [3.63, 3.8) is 0 Å². The topological polar surface area (TPSA) is 32.5 Å². The fourth-order valence-corrected chi connectivity index (χ4v) is 3.22. The van der Waals surface area contributed by atoms with Crippen LogP contribution in [0.15, 0.2) is 0 Å². The van der Waals surface area contributed by atoms with Gasteiger partial charge >= 0.3 is 0 Å². The maximum Gasteiger partial charge on any atom is 0.0112 e. The summed E-state index contributed by atoms with van der Waals surface area (Å²) in [6, 6.07) is 0.873. The molecule has 0 spiro atoms. The van der Waals surface area contributed by atoms with Crippen molar-refractivity contribution in [2.24, 2.45) is 17.6 Å². The fourth-order valence-electron chi connectivity index (χ4n) is 3.22. The van der Waals surface area contributed by atoms with Gasteiger partial charge in [-0.3, -0.25) is 4.90 Å². The highest BCUT2D eigenvalue weighted by Crippen LogP contribution is 2.38. The van der Waals surface area contributed by atoms with E-state index in [0.717, 1.165) is 24.4 Å². The van der Waals surface area contributed by atoms with Gasteiger partial charge in [0.25, 0.3) is 0 Å². The highest BCUT2D eigenvalue weighted by Gasteiger charge is 2.39. The van der Waals surface area contributed by atoms with Gasteiger partial charge in [-0.1, -0.05) is 0 Å². The third-order valence-corrected chi connectivity index (χ3v) is 4.23. The molecule has 1 saturated carbocycles. The lowest BCUT2D eigenvalue weighted by atomic mass is 9.80. The number of rotatable bonds is 4. The highest BCUT2D eigenvalue weighted by atomic mass is 15.2. The van der Waals surface area contributed by atoms with Crippen LogP contribution >= 0.6 is 0 Å². The van der Waals surface area contributed by atoms with Gasteiger partial charge in [0, 0.05) is 25.7 Å². The second-order valence-electron chi connectivity index (χ2n) is 5.52. The monoisotopic (exact) mass is 211 g/mol. The second-order valence-corrected chi connectivity index (χ2v) is 5.52. The van der Waals surface area contributed by atoms with Crippen molar-refractivity contribution >= 4 is 0 Å². The molecule has 0 amide bonds. The average molecular weight is 211 g/mol. The molecule has 1 aliphatic heterocycles. The minimum Gasteiger partial charge on any atom is -0.330 e. The molecule has 2 rings (SSSR count). The lowest BCUT2D eigenvalue weighted by molar-refractivity contribution is 0.215. The van der Waals surface area contributed by atoms with E-state index >= 15 is 0 Å². The van der Waals surface area contributed by atoms with Gasteiger partial charge in [0.05, 0.1) is 0 Å². The van der Waals surface area contributed by atoms with E-state index in [1.165, 1.54) is 38.9 Å². The van der Waals surface area contributed by atoms with Crippen molar-refractivity contribution in [2.45, 2.75) is 25.3 Å². The van der Waals surface area contributed by atoms with Crippen LogP contribution in [0.2, 0.25) is 0 Å². The minimum atomic E-state index is 0.811. The Kier molecular flexibility index (Phi) is 3.65. The Balaban J connectivity index is 1.84. The molecule has 1 aliphatic carbocycles. The minimum absolute atomic E-state index is 0.811. The van der Waals surface area contributed by atoms with Crippen LogP contribution in [0, 0.1) is 11.8 Å². The Labute approximate surface area is 93.6 Å². The molecule has 3 heteroatoms. The van der Waals surface area contributed by atoms with Crippen LogP contribution < -0.4 is 5.73 Å². The average Bonchev–Trinajstić information content (AvgIpc) is 2.54. The van der Waals surface area contributed by atoms with Crippen LogP contribution in [-0.4, -0.2) is 56.1 Å². The van der Waals surface area contributed by atoms with Crippen molar-refractivity contribution in [3.05, 3.63) is 0 Å². The Hall–Kier alpha value is -0.120. The Morgan fingerprint density at radius 1 is 1.33 bits per heavy atom. The normalized spacial score (nSPS) is 36.4. The SMILES string of the molecule is CN(C)CCN1CC2CC1CCC2CN. The summed E-state index contributed by atoms with van der Waals surface area (Å²) in [6.07, 6.45) is 4.16. The largest absolute Gasteiger partial charge is 0.330 e. The first kappa shape index (κ1) is 11.4. The van der Waals surface area contributed by atoms with Gasteiger partial charge in [0.2, 0.25) is 0 Å². The predicted octanol–water partition coefficient (Wildman–Crippen LogP) is 0.607. The van der Waals surface area contributed by atoms with Crippen LogP contribution in [0.4, 0.5) is 0 Å². The number of likely N-dealkylation sites (N-methyl/N-ethyl adjacent to an activating group) is 1. The van der Waals surface area contributed by atoms with E-state index in [1.807, 2.05) is 0 Å². The third-order valence-electron chi connectivity index (χ3n) is 4.23. The van der Waals surface area contributed by atoms with E-state index in [0.29, 0.717) is 0 Å². The van der Waals surface area contributed by atoms with Crippen LogP contribution in [0.3, 0.4) is 0 Å². The zero-order valence-electron chi connectivity index (χ0n) is 10.2. The Bertz CT molecular complexity index is 205. The van der Waals surface area contributed by atoms with Crippen LogP contribution in [0.5, 0.6) is 0 Å². The molecule has 1 heterocycles. The first-order valence-electron chi connectivity index (χ1n) is 6.29. The third kappa shape index (κ3) is 2.52. The predicted molar refractivity (Wildman–Crippen MR) is 63.8 cm³/mol. The summed E-state index contributed by atoms with van der Waals surface area (Å²) in [5, 5.41) is 0. The summed E-state index contributed by atoms with van der Waals surface area (Å²) in [4.78, 5) is 4.98. The molecule has 3 nitrogen and oxygen atoms in total. The van der Waals surface area contributed by atoms with E-state index in [1.54, 1.807) is 0 Å². The number of hydrogen-bond acceptors (Lipinski definition) is 3. The second kappa shape index (κ2) is 4.81. The molecule has 3 unspecified atom stereocenters. The van der Waals surface area contributed by atoms with E-state index < -0.39 is 0 Å². The summed E-state index contributed by atoms with van der Waals surface area (Å²) in [7, 11) is 4.32. The quantitative estimate of drug-likeness (QED) is 0.739. The maximum absolute atomic E-state index is 5.83. The molecular weight excluding hydrogens is 186 g/mol. The molecule has 2 N–H and O–H groups in total. The molecule has 2 aliphatic rings. The zero-order chi connectivity index (χ0) is 10.8. The molecule has 1 saturated heterocycles. The smallest absolute Gasteiger partial charge is 0.0112 e. The number of fused-ring (bicyclic) bond motifs is 2. The van der Waals surface area contributed by atoms with Crippen molar-refractivity contribution in [3.8, 4) is 0 Å². The van der Waals surface area contributed by atoms with Gasteiger partial charge < -0.3 is 10.6 Å². The van der Waals surface area contributed by atoms with Crippen LogP contribution in [0.1, 0.15) is 19.3 Å². The van der Waals surface area contributed by atoms with Crippen molar-refractivity contribution in [1.29, 1.82) is 0 Å². The molecule has 0 radical (unpaired) electrons. The number of hydrogen-bond donors (Lipinski definition) is 1. The fraction of sp³-hybridized carbons (Fsp3) is 1.00. The van der Waals surface area contributed by atoms with Gasteiger partial charge in [-0.25, -0.2) is 0 Å². The van der Waals surface area contributed by atoms with Crippen molar-refractivity contribution in [2.75, 3.05) is 40.3 Å². The first-order valence-corrected chi connectivity index (χ1v) is 6.29. The standard InChI is InChI=1S/C12H25N3/c1-14(2)5-6-15-9-11-7-12(15)4-3-10(11)8-13/h10-12H,3-9,13H2,1-2H3. The lowest BCUT2D eigenvalue weighted by Crippen LogP contribution is -2.35. The van der Waals surface area contributed by atoms with E-state index in [-0.39, 0.29) is 0 Å². The first-order chi connectivity index (χ1) is 7.20.